The molecule has 0 radical (unpaired) electrons. The van der Waals surface area contributed by atoms with Gasteiger partial charge in [-0.1, -0.05) is 55.3 Å². The number of ether oxygens (including phenoxy) is 1. The molecule has 0 bridgehead atoms. The van der Waals surface area contributed by atoms with Crippen LogP contribution in [0.25, 0.3) is 27.5 Å². The van der Waals surface area contributed by atoms with Crippen molar-refractivity contribution in [3.8, 4) is 17.3 Å². The molecule has 3 N–H and O–H groups in total. The molecule has 3 aromatic heterocycles. The van der Waals surface area contributed by atoms with Crippen molar-refractivity contribution in [3.63, 3.8) is 0 Å². The van der Waals surface area contributed by atoms with Gasteiger partial charge in [-0.05, 0) is 62.2 Å². The monoisotopic (exact) mass is 637 g/mol. The summed E-state index contributed by atoms with van der Waals surface area (Å²) >= 11 is 0. The van der Waals surface area contributed by atoms with Crippen molar-refractivity contribution in [1.29, 1.82) is 0 Å². The van der Waals surface area contributed by atoms with E-state index in [0.717, 1.165) is 63.7 Å². The van der Waals surface area contributed by atoms with Crippen molar-refractivity contribution < 1.29 is 9.53 Å². The summed E-state index contributed by atoms with van der Waals surface area (Å²) in [5.41, 5.74) is 6.34. The fourth-order valence-corrected chi connectivity index (χ4v) is 5.53. The third kappa shape index (κ3) is 6.52. The van der Waals surface area contributed by atoms with Gasteiger partial charge in [0.25, 0.3) is 0 Å². The number of amides is 2. The Kier molecular flexibility index (Phi) is 8.40. The highest BCUT2D eigenvalue weighted by Crippen LogP contribution is 2.34. The van der Waals surface area contributed by atoms with E-state index in [1.54, 1.807) is 23.3 Å². The molecule has 3 heterocycles. The highest BCUT2D eigenvalue weighted by atomic mass is 16.5. The van der Waals surface area contributed by atoms with Crippen molar-refractivity contribution in [1.82, 2.24) is 29.3 Å². The highest BCUT2D eigenvalue weighted by Gasteiger charge is 2.15. The molecule has 0 unspecified atom stereocenters. The zero-order valence-electron chi connectivity index (χ0n) is 26.9. The normalized spacial score (nSPS) is 11.1. The molecule has 0 saturated heterocycles. The third-order valence-corrected chi connectivity index (χ3v) is 8.02. The van der Waals surface area contributed by atoms with Crippen LogP contribution in [0.3, 0.4) is 0 Å². The van der Waals surface area contributed by atoms with Crippen LogP contribution in [0.1, 0.15) is 31.0 Å². The zero-order chi connectivity index (χ0) is 33.0. The maximum Gasteiger partial charge on any atom is 0.324 e. The summed E-state index contributed by atoms with van der Waals surface area (Å²) in [6.07, 6.45) is 6.34. The lowest BCUT2D eigenvalue weighted by molar-refractivity contribution is 0.262. The van der Waals surface area contributed by atoms with Crippen molar-refractivity contribution in [2.24, 2.45) is 7.05 Å². The molecule has 7 rings (SSSR count). The lowest BCUT2D eigenvalue weighted by Crippen LogP contribution is -2.21. The van der Waals surface area contributed by atoms with Crippen LogP contribution in [0.15, 0.2) is 104 Å². The van der Waals surface area contributed by atoms with E-state index in [4.69, 9.17) is 9.84 Å². The number of hydrogen-bond acceptors (Lipinski definition) is 7. The number of aryl methyl sites for hydroxylation is 3. The number of fused-ring (bicyclic) bond motifs is 2. The topological polar surface area (TPSA) is 124 Å². The average Bonchev–Trinajstić information content (AvgIpc) is 3.67. The summed E-state index contributed by atoms with van der Waals surface area (Å²) in [5, 5.41) is 15.7. The number of nitrogens with one attached hydrogen (secondary N) is 3. The van der Waals surface area contributed by atoms with Crippen LogP contribution in [0.2, 0.25) is 0 Å². The Morgan fingerprint density at radius 2 is 1.73 bits per heavy atom. The second-order valence-corrected chi connectivity index (χ2v) is 11.6. The quantitative estimate of drug-likeness (QED) is 0.137. The van der Waals surface area contributed by atoms with Crippen LogP contribution < -0.4 is 20.7 Å². The molecule has 0 aliphatic rings. The van der Waals surface area contributed by atoms with Gasteiger partial charge in [0, 0.05) is 41.8 Å². The SMILES string of the molecule is CCCCc1cc(NC(=O)Nc2ccc(Oc3ccnc(Nc4ccc5ncn(C)c5c4)n3)c3ccccc23)n(-c2ccc(C)cc2)n1. The molecule has 0 fully saturated rings. The molecule has 7 aromatic rings. The summed E-state index contributed by atoms with van der Waals surface area (Å²) in [6.45, 7) is 4.19. The molecule has 240 valence electrons. The van der Waals surface area contributed by atoms with Crippen molar-refractivity contribution in [2.75, 3.05) is 16.0 Å². The third-order valence-electron chi connectivity index (χ3n) is 8.02. The Labute approximate surface area is 277 Å². The molecular weight excluding hydrogens is 602 g/mol. The van der Waals surface area contributed by atoms with Gasteiger partial charge in [-0.15, -0.1) is 0 Å². The smallest absolute Gasteiger partial charge is 0.324 e. The molecule has 0 saturated carbocycles. The first-order valence-corrected chi connectivity index (χ1v) is 15.9. The second kappa shape index (κ2) is 13.2. The van der Waals surface area contributed by atoms with E-state index in [0.29, 0.717) is 29.1 Å². The van der Waals surface area contributed by atoms with Crippen molar-refractivity contribution in [2.45, 2.75) is 33.1 Å². The number of aromatic nitrogens is 6. The number of rotatable bonds is 10. The van der Waals surface area contributed by atoms with Crippen molar-refractivity contribution >= 4 is 51.0 Å². The lowest BCUT2D eigenvalue weighted by Gasteiger charge is -2.14. The van der Waals surface area contributed by atoms with E-state index in [1.807, 2.05) is 103 Å². The Balaban J connectivity index is 1.10. The standard InChI is InChI=1S/C37H35N9O2/c1-4-5-8-26-22-34(46(44-26)27-14-11-24(2)12-15-27)42-37(47)41-30-17-18-33(29-10-7-6-9-28(29)30)48-35-19-20-38-36(43-35)40-25-13-16-31-32(21-25)45(3)23-39-31/h6-7,9-23H,4-5,8H2,1-3H3,(H,38,40,43)(H2,41,42,47). The van der Waals surface area contributed by atoms with E-state index >= 15 is 0 Å². The number of anilines is 4. The molecule has 0 aliphatic carbocycles. The van der Waals surface area contributed by atoms with Gasteiger partial charge in [0.15, 0.2) is 0 Å². The van der Waals surface area contributed by atoms with Crippen LogP contribution in [0, 0.1) is 6.92 Å². The molecular formula is C37H35N9O2. The maximum atomic E-state index is 13.4. The Hall–Kier alpha value is -6.23. The minimum atomic E-state index is -0.375. The molecule has 4 aromatic carbocycles. The summed E-state index contributed by atoms with van der Waals surface area (Å²) in [6, 6.07) is 28.6. The molecule has 0 aliphatic heterocycles. The number of hydrogen-bond donors (Lipinski definition) is 3. The Morgan fingerprint density at radius 1 is 0.896 bits per heavy atom. The van der Waals surface area contributed by atoms with Gasteiger partial charge in [0.05, 0.1) is 34.4 Å². The fraction of sp³-hybridized carbons (Fsp3) is 0.162. The summed E-state index contributed by atoms with van der Waals surface area (Å²) < 4.78 is 10.0. The minimum absolute atomic E-state index is 0.375. The van der Waals surface area contributed by atoms with Crippen LogP contribution in [-0.2, 0) is 13.5 Å². The number of urea groups is 1. The fourth-order valence-electron chi connectivity index (χ4n) is 5.53. The van der Waals surface area contributed by atoms with Gasteiger partial charge < -0.3 is 19.9 Å². The van der Waals surface area contributed by atoms with Crippen LogP contribution in [0.4, 0.5) is 27.9 Å². The van der Waals surface area contributed by atoms with E-state index in [2.05, 4.69) is 37.8 Å². The van der Waals surface area contributed by atoms with E-state index in [-0.39, 0.29) is 6.03 Å². The van der Waals surface area contributed by atoms with Gasteiger partial charge in [-0.3, -0.25) is 5.32 Å². The molecule has 48 heavy (non-hydrogen) atoms. The molecule has 0 atom stereocenters. The zero-order valence-corrected chi connectivity index (χ0v) is 26.9. The van der Waals surface area contributed by atoms with Gasteiger partial charge in [0.1, 0.15) is 11.6 Å². The van der Waals surface area contributed by atoms with Crippen LogP contribution in [-0.4, -0.2) is 35.3 Å². The molecule has 0 spiro atoms. The number of nitrogens with zero attached hydrogens (tertiary/aromatic N) is 6. The minimum Gasteiger partial charge on any atom is -0.438 e. The largest absolute Gasteiger partial charge is 0.438 e. The van der Waals surface area contributed by atoms with E-state index < -0.39 is 0 Å². The molecule has 11 nitrogen and oxygen atoms in total. The lowest BCUT2D eigenvalue weighted by atomic mass is 10.1. The summed E-state index contributed by atoms with van der Waals surface area (Å²) in [4.78, 5) is 26.7. The van der Waals surface area contributed by atoms with Gasteiger partial charge in [-0.25, -0.2) is 19.4 Å². The predicted molar refractivity (Wildman–Crippen MR) is 190 cm³/mol. The van der Waals surface area contributed by atoms with Gasteiger partial charge in [0.2, 0.25) is 11.8 Å². The van der Waals surface area contributed by atoms with E-state index in [9.17, 15) is 4.79 Å². The maximum absolute atomic E-state index is 13.4. The average molecular weight is 638 g/mol. The van der Waals surface area contributed by atoms with Gasteiger partial charge in [-0.2, -0.15) is 10.1 Å². The Bertz CT molecular complexity index is 2240. The summed E-state index contributed by atoms with van der Waals surface area (Å²) in [5.74, 6) is 1.97. The van der Waals surface area contributed by atoms with Crippen molar-refractivity contribution in [3.05, 3.63) is 115 Å². The van der Waals surface area contributed by atoms with E-state index in [1.165, 1.54) is 0 Å². The summed E-state index contributed by atoms with van der Waals surface area (Å²) in [7, 11) is 1.95. The van der Waals surface area contributed by atoms with Crippen LogP contribution in [0.5, 0.6) is 11.6 Å². The number of carbonyl (C=O) groups excluding carboxylic acids is 1. The number of imidazole rings is 1. The molecule has 11 heteroatoms. The number of benzene rings is 4. The number of carbonyl (C=O) groups is 1. The predicted octanol–water partition coefficient (Wildman–Crippen LogP) is 8.53. The first-order chi connectivity index (χ1) is 23.4. The van der Waals surface area contributed by atoms with Gasteiger partial charge >= 0.3 is 6.03 Å². The first-order valence-electron chi connectivity index (χ1n) is 15.9. The second-order valence-electron chi connectivity index (χ2n) is 11.6. The first kappa shape index (κ1) is 30.4. The number of unbranched alkanes of at least 4 members (excludes halogenated alkanes) is 1. The molecule has 2 amide bonds. The van der Waals surface area contributed by atoms with Crippen LogP contribution >= 0.6 is 0 Å². The highest BCUT2D eigenvalue weighted by molar-refractivity contribution is 6.07. The Morgan fingerprint density at radius 3 is 2.56 bits per heavy atom.